The maximum absolute atomic E-state index is 10.9. The van der Waals surface area contributed by atoms with Gasteiger partial charge in [-0.05, 0) is 13.3 Å². The summed E-state index contributed by atoms with van der Waals surface area (Å²) < 4.78 is 0. The molecule has 1 aliphatic rings. The lowest BCUT2D eigenvalue weighted by Gasteiger charge is -1.96. The molecule has 0 bridgehead atoms. The molecule has 10 heavy (non-hydrogen) atoms. The average molecular weight is 138 g/mol. The van der Waals surface area contributed by atoms with Gasteiger partial charge in [-0.15, -0.1) is 0 Å². The number of aliphatic hydroxyl groups is 1. The van der Waals surface area contributed by atoms with E-state index in [9.17, 15) is 4.79 Å². The first-order valence-corrected chi connectivity index (χ1v) is 3.24. The Kier molecular flexibility index (Phi) is 1.62. The molecule has 0 radical (unpaired) electrons. The number of allylic oxidation sites excluding steroid dienone is 2. The Labute approximate surface area is 59.9 Å². The van der Waals surface area contributed by atoms with Crippen LogP contribution in [0.3, 0.4) is 0 Å². The van der Waals surface area contributed by atoms with Crippen molar-refractivity contribution in [1.29, 1.82) is 0 Å². The second kappa shape index (κ2) is 2.29. The summed E-state index contributed by atoms with van der Waals surface area (Å²) in [5.41, 5.74) is 1.40. The Balaban J connectivity index is 2.99. The van der Waals surface area contributed by atoms with Crippen molar-refractivity contribution >= 4 is 5.78 Å². The summed E-state index contributed by atoms with van der Waals surface area (Å²) >= 11 is 0. The number of ketones is 1. The number of hydrogen-bond acceptors (Lipinski definition) is 2. The van der Waals surface area contributed by atoms with Crippen LogP contribution in [-0.2, 0) is 4.79 Å². The Hall–Kier alpha value is -1.05. The molecule has 2 heteroatoms. The largest absolute Gasteiger partial charge is 0.508 e. The molecule has 54 valence electrons. The van der Waals surface area contributed by atoms with Crippen LogP contribution >= 0.6 is 0 Å². The van der Waals surface area contributed by atoms with Gasteiger partial charge in [0.25, 0.3) is 0 Å². The summed E-state index contributed by atoms with van der Waals surface area (Å²) in [6.45, 7) is 5.16. The topological polar surface area (TPSA) is 37.3 Å². The third kappa shape index (κ3) is 0.967. The number of rotatable bonds is 1. The van der Waals surface area contributed by atoms with Gasteiger partial charge in [-0.2, -0.15) is 0 Å². The zero-order chi connectivity index (χ0) is 7.72. The van der Waals surface area contributed by atoms with Crippen molar-refractivity contribution in [1.82, 2.24) is 0 Å². The van der Waals surface area contributed by atoms with Gasteiger partial charge in [-0.1, -0.05) is 12.2 Å². The number of hydrogen-bond donors (Lipinski definition) is 1. The van der Waals surface area contributed by atoms with E-state index in [0.29, 0.717) is 12.0 Å². The number of aliphatic hydroxyl groups excluding tert-OH is 1. The quantitative estimate of drug-likeness (QED) is 0.560. The lowest BCUT2D eigenvalue weighted by molar-refractivity contribution is -0.114. The summed E-state index contributed by atoms with van der Waals surface area (Å²) in [5, 5.41) is 8.92. The Bertz CT molecular complexity index is 223. The second-order valence-electron chi connectivity index (χ2n) is 2.53. The Morgan fingerprint density at radius 3 is 2.40 bits per heavy atom. The zero-order valence-electron chi connectivity index (χ0n) is 5.98. The molecular formula is C8H10O2. The maximum atomic E-state index is 10.9. The molecule has 0 aromatic heterocycles. The number of carbonyl (C=O) groups excluding carboxylic acids is 1. The van der Waals surface area contributed by atoms with E-state index in [2.05, 4.69) is 6.58 Å². The van der Waals surface area contributed by atoms with E-state index >= 15 is 0 Å². The molecule has 0 fully saturated rings. The predicted molar refractivity (Wildman–Crippen MR) is 38.7 cm³/mol. The third-order valence-corrected chi connectivity index (χ3v) is 1.72. The minimum absolute atomic E-state index is 0.0185. The van der Waals surface area contributed by atoms with Gasteiger partial charge < -0.3 is 5.11 Å². The molecule has 1 N–H and O–H groups in total. The fraction of sp³-hybridized carbons (Fsp3) is 0.375. The molecule has 1 aliphatic carbocycles. The van der Waals surface area contributed by atoms with Crippen molar-refractivity contribution in [2.45, 2.75) is 19.8 Å². The fourth-order valence-corrected chi connectivity index (χ4v) is 1.20. The van der Waals surface area contributed by atoms with Gasteiger partial charge in [0.1, 0.15) is 5.76 Å². The van der Waals surface area contributed by atoms with Crippen molar-refractivity contribution in [3.63, 3.8) is 0 Å². The molecule has 0 aliphatic heterocycles. The monoisotopic (exact) mass is 138 g/mol. The average Bonchev–Trinajstić information content (AvgIpc) is 2.11. The summed E-state index contributed by atoms with van der Waals surface area (Å²) in [6, 6.07) is 0. The van der Waals surface area contributed by atoms with Gasteiger partial charge >= 0.3 is 0 Å². The van der Waals surface area contributed by atoms with Crippen molar-refractivity contribution in [3.8, 4) is 0 Å². The highest BCUT2D eigenvalue weighted by Gasteiger charge is 2.21. The minimum atomic E-state index is -0.0833. The molecule has 0 saturated heterocycles. The van der Waals surface area contributed by atoms with E-state index in [4.69, 9.17) is 5.11 Å². The summed E-state index contributed by atoms with van der Waals surface area (Å²) in [6.07, 6.45) is 1.30. The van der Waals surface area contributed by atoms with Crippen molar-refractivity contribution < 1.29 is 9.90 Å². The second-order valence-corrected chi connectivity index (χ2v) is 2.53. The molecule has 0 amide bonds. The molecular weight excluding hydrogens is 128 g/mol. The maximum Gasteiger partial charge on any atom is 0.166 e. The van der Waals surface area contributed by atoms with E-state index in [1.54, 1.807) is 0 Å². The molecule has 0 saturated carbocycles. The molecule has 0 aromatic rings. The summed E-state index contributed by atoms with van der Waals surface area (Å²) in [5.74, 6) is -0.0648. The normalized spacial score (nSPS) is 18.3. The molecule has 0 unspecified atom stereocenters. The Morgan fingerprint density at radius 1 is 1.60 bits per heavy atom. The van der Waals surface area contributed by atoms with Crippen molar-refractivity contribution in [2.24, 2.45) is 0 Å². The number of carbonyl (C=O) groups is 1. The third-order valence-electron chi connectivity index (χ3n) is 1.72. The van der Waals surface area contributed by atoms with Gasteiger partial charge in [-0.25, -0.2) is 0 Å². The van der Waals surface area contributed by atoms with Crippen LogP contribution in [0.5, 0.6) is 0 Å². The van der Waals surface area contributed by atoms with Crippen LogP contribution in [-0.4, -0.2) is 10.9 Å². The molecule has 2 nitrogen and oxygen atoms in total. The van der Waals surface area contributed by atoms with Crippen LogP contribution in [0.15, 0.2) is 23.5 Å². The molecule has 0 heterocycles. The standard InChI is InChI=1S/C8H10O2/c1-5-3-4-7(10)8(5)6(2)9/h9H,2-4H2,1H3. The molecule has 0 spiro atoms. The van der Waals surface area contributed by atoms with Crippen LogP contribution in [0.1, 0.15) is 19.8 Å². The smallest absolute Gasteiger partial charge is 0.166 e. The SMILES string of the molecule is C=C(O)C1=C(C)CCC1=O. The highest BCUT2D eigenvalue weighted by Crippen LogP contribution is 2.25. The first-order valence-electron chi connectivity index (χ1n) is 3.24. The highest BCUT2D eigenvalue weighted by molar-refractivity contribution is 6.01. The van der Waals surface area contributed by atoms with E-state index < -0.39 is 0 Å². The first-order chi connectivity index (χ1) is 4.63. The van der Waals surface area contributed by atoms with Crippen LogP contribution in [0.2, 0.25) is 0 Å². The first kappa shape index (κ1) is 7.06. The zero-order valence-corrected chi connectivity index (χ0v) is 5.98. The van der Waals surface area contributed by atoms with Gasteiger partial charge in [-0.3, -0.25) is 4.79 Å². The van der Waals surface area contributed by atoms with Crippen molar-refractivity contribution in [3.05, 3.63) is 23.5 Å². The number of Topliss-reactive ketones (excluding diaryl/α,β-unsaturated/α-hetero) is 1. The van der Waals surface area contributed by atoms with Crippen LogP contribution in [0, 0.1) is 0 Å². The predicted octanol–water partition coefficient (Wildman–Crippen LogP) is 1.74. The minimum Gasteiger partial charge on any atom is -0.508 e. The van der Waals surface area contributed by atoms with Crippen LogP contribution < -0.4 is 0 Å². The van der Waals surface area contributed by atoms with E-state index in [-0.39, 0.29) is 11.5 Å². The Morgan fingerprint density at radius 2 is 2.20 bits per heavy atom. The van der Waals surface area contributed by atoms with Gasteiger partial charge in [0.2, 0.25) is 0 Å². The summed E-state index contributed by atoms with van der Waals surface area (Å²) in [4.78, 5) is 10.9. The fourth-order valence-electron chi connectivity index (χ4n) is 1.20. The van der Waals surface area contributed by atoms with E-state index in [0.717, 1.165) is 12.0 Å². The highest BCUT2D eigenvalue weighted by atomic mass is 16.3. The van der Waals surface area contributed by atoms with Gasteiger partial charge in [0.15, 0.2) is 5.78 Å². The van der Waals surface area contributed by atoms with Gasteiger partial charge in [0, 0.05) is 6.42 Å². The van der Waals surface area contributed by atoms with Crippen LogP contribution in [0.4, 0.5) is 0 Å². The van der Waals surface area contributed by atoms with E-state index in [1.807, 2.05) is 6.92 Å². The lowest BCUT2D eigenvalue weighted by Crippen LogP contribution is -1.97. The van der Waals surface area contributed by atoms with E-state index in [1.165, 1.54) is 0 Å². The molecule has 0 atom stereocenters. The van der Waals surface area contributed by atoms with Crippen molar-refractivity contribution in [2.75, 3.05) is 0 Å². The van der Waals surface area contributed by atoms with Crippen LogP contribution in [0.25, 0.3) is 0 Å². The summed E-state index contributed by atoms with van der Waals surface area (Å²) in [7, 11) is 0. The molecule has 0 aromatic carbocycles. The van der Waals surface area contributed by atoms with Gasteiger partial charge in [0.05, 0.1) is 5.57 Å². The molecule has 1 rings (SSSR count). The lowest BCUT2D eigenvalue weighted by atomic mass is 10.1.